The van der Waals surface area contributed by atoms with Crippen LogP contribution < -0.4 is 0 Å². The molecule has 2 aliphatic heterocycles. The zero-order valence-corrected chi connectivity index (χ0v) is 12.7. The molecular weight excluding hydrogens is 240 g/mol. The Bertz CT molecular complexity index is 273. The summed E-state index contributed by atoms with van der Waals surface area (Å²) in [6.45, 7) is 11.0. The molecule has 0 amide bonds. The van der Waals surface area contributed by atoms with Gasteiger partial charge in [-0.2, -0.15) is 0 Å². The van der Waals surface area contributed by atoms with Crippen molar-refractivity contribution in [2.24, 2.45) is 0 Å². The van der Waals surface area contributed by atoms with E-state index in [1.165, 1.54) is 25.8 Å². The maximum atomic E-state index is 10.1. The molecule has 0 spiro atoms. The molecule has 2 fully saturated rings. The van der Waals surface area contributed by atoms with Crippen molar-refractivity contribution >= 4 is 0 Å². The number of hydrogen-bond donors (Lipinski definition) is 1. The summed E-state index contributed by atoms with van der Waals surface area (Å²) in [5, 5.41) is 10.1. The maximum Gasteiger partial charge on any atom is 0.0900 e. The van der Waals surface area contributed by atoms with Crippen LogP contribution in [0.5, 0.6) is 0 Å². The molecule has 0 aromatic carbocycles. The molecule has 0 aromatic heterocycles. The summed E-state index contributed by atoms with van der Waals surface area (Å²) in [5.74, 6) is 0. The lowest BCUT2D eigenvalue weighted by molar-refractivity contribution is -0.0396. The average molecular weight is 270 g/mol. The van der Waals surface area contributed by atoms with Gasteiger partial charge in [0.2, 0.25) is 0 Å². The Morgan fingerprint density at radius 3 is 2.79 bits per heavy atom. The third kappa shape index (κ3) is 4.42. The van der Waals surface area contributed by atoms with Gasteiger partial charge in [-0.1, -0.05) is 6.42 Å². The molecule has 19 heavy (non-hydrogen) atoms. The van der Waals surface area contributed by atoms with Crippen LogP contribution in [-0.4, -0.2) is 72.0 Å². The highest BCUT2D eigenvalue weighted by atomic mass is 16.5. The Morgan fingerprint density at radius 2 is 2.05 bits per heavy atom. The van der Waals surface area contributed by atoms with Gasteiger partial charge in [0.25, 0.3) is 0 Å². The molecule has 3 unspecified atom stereocenters. The molecule has 0 aromatic rings. The van der Waals surface area contributed by atoms with Crippen molar-refractivity contribution in [3.63, 3.8) is 0 Å². The first kappa shape index (κ1) is 15.2. The zero-order valence-electron chi connectivity index (χ0n) is 12.7. The molecule has 2 heterocycles. The van der Waals surface area contributed by atoms with E-state index < -0.39 is 0 Å². The highest BCUT2D eigenvalue weighted by Crippen LogP contribution is 2.24. The summed E-state index contributed by atoms with van der Waals surface area (Å²) >= 11 is 0. The Balaban J connectivity index is 1.79. The zero-order chi connectivity index (χ0) is 13.8. The van der Waals surface area contributed by atoms with Crippen molar-refractivity contribution in [3.8, 4) is 0 Å². The molecule has 1 N–H and O–H groups in total. The average Bonchev–Trinajstić information content (AvgIpc) is 2.37. The molecular formula is C15H30N2O2. The normalized spacial score (nSPS) is 31.4. The lowest BCUT2D eigenvalue weighted by Crippen LogP contribution is -2.60. The third-order valence-corrected chi connectivity index (χ3v) is 4.38. The number of aliphatic hydroxyl groups is 1. The van der Waals surface area contributed by atoms with E-state index in [1.54, 1.807) is 0 Å². The minimum absolute atomic E-state index is 0.197. The van der Waals surface area contributed by atoms with E-state index in [4.69, 9.17) is 4.74 Å². The number of piperazine rings is 1. The van der Waals surface area contributed by atoms with Crippen LogP contribution in [-0.2, 0) is 4.74 Å². The molecule has 0 aliphatic carbocycles. The predicted molar refractivity (Wildman–Crippen MR) is 77.3 cm³/mol. The smallest absolute Gasteiger partial charge is 0.0900 e. The number of piperidine rings is 1. The molecule has 112 valence electrons. The molecule has 0 bridgehead atoms. The van der Waals surface area contributed by atoms with Crippen molar-refractivity contribution in [2.75, 3.05) is 32.8 Å². The Morgan fingerprint density at radius 1 is 1.26 bits per heavy atom. The van der Waals surface area contributed by atoms with Crippen molar-refractivity contribution < 1.29 is 9.84 Å². The highest BCUT2D eigenvalue weighted by molar-refractivity contribution is 4.89. The topological polar surface area (TPSA) is 35.9 Å². The van der Waals surface area contributed by atoms with Crippen LogP contribution in [0.3, 0.4) is 0 Å². The van der Waals surface area contributed by atoms with E-state index in [0.717, 1.165) is 19.6 Å². The number of aliphatic hydroxyl groups excluding tert-OH is 1. The largest absolute Gasteiger partial charge is 0.389 e. The van der Waals surface area contributed by atoms with Crippen molar-refractivity contribution in [1.82, 2.24) is 9.80 Å². The van der Waals surface area contributed by atoms with E-state index in [0.29, 0.717) is 18.7 Å². The van der Waals surface area contributed by atoms with Crippen LogP contribution in [0.15, 0.2) is 0 Å². The van der Waals surface area contributed by atoms with Crippen LogP contribution >= 0.6 is 0 Å². The molecule has 2 rings (SSSR count). The van der Waals surface area contributed by atoms with Crippen LogP contribution in [0.25, 0.3) is 0 Å². The number of ether oxygens (including phenoxy) is 1. The van der Waals surface area contributed by atoms with Crippen molar-refractivity contribution in [1.29, 1.82) is 0 Å². The molecule has 4 nitrogen and oxygen atoms in total. The Labute approximate surface area is 117 Å². The quantitative estimate of drug-likeness (QED) is 0.817. The Kier molecular flexibility index (Phi) is 5.63. The minimum Gasteiger partial charge on any atom is -0.389 e. The molecule has 2 saturated heterocycles. The van der Waals surface area contributed by atoms with Gasteiger partial charge in [-0.25, -0.2) is 0 Å². The van der Waals surface area contributed by atoms with Gasteiger partial charge in [0.15, 0.2) is 0 Å². The van der Waals surface area contributed by atoms with Crippen LogP contribution in [0.2, 0.25) is 0 Å². The van der Waals surface area contributed by atoms with E-state index in [1.807, 2.05) is 13.8 Å². The van der Waals surface area contributed by atoms with E-state index in [9.17, 15) is 5.11 Å². The van der Waals surface area contributed by atoms with Gasteiger partial charge in [-0.05, 0) is 40.2 Å². The van der Waals surface area contributed by atoms with E-state index in [-0.39, 0.29) is 12.2 Å². The van der Waals surface area contributed by atoms with Crippen molar-refractivity contribution in [3.05, 3.63) is 0 Å². The number of β-amino-alcohol motifs (C(OH)–C–C–N with tert-alkyl or cyclic N) is 1. The summed E-state index contributed by atoms with van der Waals surface area (Å²) in [7, 11) is 0. The van der Waals surface area contributed by atoms with Gasteiger partial charge in [0, 0.05) is 31.7 Å². The second-order valence-corrected chi connectivity index (χ2v) is 6.48. The van der Waals surface area contributed by atoms with Gasteiger partial charge in [-0.15, -0.1) is 0 Å². The van der Waals surface area contributed by atoms with Crippen LogP contribution in [0, 0.1) is 0 Å². The van der Waals surface area contributed by atoms with Gasteiger partial charge < -0.3 is 9.84 Å². The molecule has 0 saturated carbocycles. The summed E-state index contributed by atoms with van der Waals surface area (Å²) in [6.07, 6.45) is 3.88. The molecule has 3 atom stereocenters. The number of rotatable bonds is 5. The van der Waals surface area contributed by atoms with Crippen molar-refractivity contribution in [2.45, 2.75) is 64.3 Å². The minimum atomic E-state index is -0.361. The fourth-order valence-corrected chi connectivity index (χ4v) is 3.29. The number of nitrogens with zero attached hydrogens (tertiary/aromatic N) is 2. The standard InChI is InChI=1S/C15H30N2O2/c1-12(2)19-11-15(18)10-17-9-14-6-4-5-7-16(14)8-13(17)3/h12-15,18H,4-11H2,1-3H3. The Hall–Kier alpha value is -0.160. The second-order valence-electron chi connectivity index (χ2n) is 6.48. The monoisotopic (exact) mass is 270 g/mol. The summed E-state index contributed by atoms with van der Waals surface area (Å²) in [6, 6.07) is 1.26. The lowest BCUT2D eigenvalue weighted by atomic mass is 9.97. The first-order valence-corrected chi connectivity index (χ1v) is 7.84. The van der Waals surface area contributed by atoms with Crippen LogP contribution in [0.4, 0.5) is 0 Å². The predicted octanol–water partition coefficient (Wildman–Crippen LogP) is 1.33. The van der Waals surface area contributed by atoms with Gasteiger partial charge >= 0.3 is 0 Å². The molecule has 4 heteroatoms. The number of hydrogen-bond acceptors (Lipinski definition) is 4. The number of fused-ring (bicyclic) bond motifs is 1. The first-order valence-electron chi connectivity index (χ1n) is 7.84. The van der Waals surface area contributed by atoms with E-state index in [2.05, 4.69) is 16.7 Å². The van der Waals surface area contributed by atoms with Crippen LogP contribution in [0.1, 0.15) is 40.0 Å². The maximum absolute atomic E-state index is 10.1. The van der Waals surface area contributed by atoms with Gasteiger partial charge in [0.1, 0.15) is 0 Å². The van der Waals surface area contributed by atoms with Gasteiger partial charge in [-0.3, -0.25) is 9.80 Å². The molecule has 0 radical (unpaired) electrons. The fraction of sp³-hybridized carbons (Fsp3) is 1.00. The summed E-state index contributed by atoms with van der Waals surface area (Å²) in [4.78, 5) is 5.09. The summed E-state index contributed by atoms with van der Waals surface area (Å²) < 4.78 is 5.50. The van der Waals surface area contributed by atoms with E-state index >= 15 is 0 Å². The SMILES string of the molecule is CC(C)OCC(O)CN1CC2CCCCN2CC1C. The third-order valence-electron chi connectivity index (χ3n) is 4.38. The summed E-state index contributed by atoms with van der Waals surface area (Å²) in [5.41, 5.74) is 0. The first-order chi connectivity index (χ1) is 9.06. The lowest BCUT2D eigenvalue weighted by Gasteiger charge is -2.48. The van der Waals surface area contributed by atoms with Gasteiger partial charge in [0.05, 0.1) is 18.8 Å². The molecule has 2 aliphatic rings. The second kappa shape index (κ2) is 7.02. The fourth-order valence-electron chi connectivity index (χ4n) is 3.29. The highest BCUT2D eigenvalue weighted by Gasteiger charge is 2.33.